The fraction of sp³-hybridized carbons (Fsp3) is 0.543. The summed E-state index contributed by atoms with van der Waals surface area (Å²) in [4.78, 5) is 68.4. The zero-order chi connectivity index (χ0) is 47.9. The molecule has 2 aromatic carbocycles. The highest BCUT2D eigenvalue weighted by molar-refractivity contribution is 9.09. The Morgan fingerprint density at radius 3 is 2.22 bits per heavy atom. The standard InChI is InChI=1S/C46H68BrF2N5O7SSi2/c1-11-60-43(58)46(64(8,9)10,32-51-40(56)28-47)52-39(55)20-24-62-31-41(57)54(22-15-21-50-44(59)61-23-25-63(5,6)7)42(45(2,3)4)38-26-34(36-27-35(48)18-19-37(36)49)30-53(38)29-33-16-13-12-14-17-33/h12-14,16-19,26-27,30,42H,11,15,20-25,28-29,31-32H2,1-10H3,(H,50,59)(H,51,56)(H,52,55)/t42-,46-/m0/s1. The average Bonchev–Trinajstić information content (AvgIpc) is 3.60. The molecule has 354 valence electrons. The molecule has 1 aromatic heterocycles. The number of aromatic nitrogens is 1. The number of nitrogens with one attached hydrogen (secondary N) is 3. The lowest BCUT2D eigenvalue weighted by Crippen LogP contribution is -2.73. The molecule has 1 heterocycles. The van der Waals surface area contributed by atoms with Crippen LogP contribution in [0, 0.1) is 17.0 Å². The zero-order valence-electron chi connectivity index (χ0n) is 39.1. The molecule has 2 atom stereocenters. The van der Waals surface area contributed by atoms with Gasteiger partial charge in [-0.25, -0.2) is 18.4 Å². The molecule has 12 nitrogen and oxygen atoms in total. The molecule has 0 spiro atoms. The number of ether oxygens (including phenoxy) is 2. The number of rotatable bonds is 24. The van der Waals surface area contributed by atoms with E-state index in [1.807, 2.05) is 81.4 Å². The van der Waals surface area contributed by atoms with Crippen LogP contribution in [0.1, 0.15) is 57.8 Å². The van der Waals surface area contributed by atoms with Crippen LogP contribution in [0.4, 0.5) is 13.6 Å². The van der Waals surface area contributed by atoms with Crippen molar-refractivity contribution >= 4 is 73.6 Å². The molecule has 0 radical (unpaired) electrons. The molecule has 0 saturated carbocycles. The summed E-state index contributed by atoms with van der Waals surface area (Å²) in [7, 11) is -4.01. The molecule has 0 aliphatic heterocycles. The SMILES string of the molecule is CCOC(=O)[C@@](CNC(=O)CBr)(NC(=O)CCSCC(=O)N(CCCNC(=O)OCC[Si](C)(C)C)[C@@H](c1cc(-c2cc(F)ccc2F)cn1Cc1ccccc1)C(C)(C)C)[Si](C)(C)C. The molecule has 0 saturated heterocycles. The molecule has 64 heavy (non-hydrogen) atoms. The van der Waals surface area contributed by atoms with Crippen molar-refractivity contribution < 1.29 is 42.2 Å². The molecule has 0 aliphatic carbocycles. The fourth-order valence-electron chi connectivity index (χ4n) is 7.12. The highest BCUT2D eigenvalue weighted by Gasteiger charge is 2.52. The van der Waals surface area contributed by atoms with Crippen LogP contribution in [0.25, 0.3) is 11.1 Å². The van der Waals surface area contributed by atoms with Crippen LogP contribution in [0.5, 0.6) is 0 Å². The third-order valence-corrected chi connectivity index (χ3v) is 16.9. The van der Waals surface area contributed by atoms with Gasteiger partial charge >= 0.3 is 12.1 Å². The van der Waals surface area contributed by atoms with Crippen LogP contribution >= 0.6 is 27.7 Å². The second-order valence-electron chi connectivity index (χ2n) is 19.1. The summed E-state index contributed by atoms with van der Waals surface area (Å²) in [6.45, 7) is 21.2. The molecule has 0 aliphatic rings. The minimum Gasteiger partial charge on any atom is -0.464 e. The number of nitrogens with zero attached hydrogens (tertiary/aromatic N) is 2. The van der Waals surface area contributed by atoms with Crippen LogP contribution < -0.4 is 16.0 Å². The van der Waals surface area contributed by atoms with E-state index in [4.69, 9.17) is 9.47 Å². The second kappa shape index (κ2) is 24.5. The van der Waals surface area contributed by atoms with Crippen molar-refractivity contribution in [1.29, 1.82) is 0 Å². The van der Waals surface area contributed by atoms with Crippen LogP contribution in [-0.4, -0.2) is 110 Å². The maximum atomic E-state index is 15.3. The molecule has 0 fully saturated rings. The molecule has 0 unspecified atom stereocenters. The third kappa shape index (κ3) is 16.5. The van der Waals surface area contributed by atoms with Gasteiger partial charge < -0.3 is 34.9 Å². The van der Waals surface area contributed by atoms with Crippen LogP contribution in [0.15, 0.2) is 60.8 Å². The Hall–Kier alpha value is -4.01. The summed E-state index contributed by atoms with van der Waals surface area (Å²) < 4.78 is 42.7. The lowest BCUT2D eigenvalue weighted by Gasteiger charge is -2.41. The van der Waals surface area contributed by atoms with Crippen molar-refractivity contribution in [3.05, 3.63) is 83.7 Å². The molecule has 3 aromatic rings. The van der Waals surface area contributed by atoms with Gasteiger partial charge in [-0.05, 0) is 54.6 Å². The van der Waals surface area contributed by atoms with Crippen molar-refractivity contribution in [2.45, 2.75) is 104 Å². The topological polar surface area (TPSA) is 148 Å². The minimum atomic E-state index is -2.59. The zero-order valence-corrected chi connectivity index (χ0v) is 43.5. The van der Waals surface area contributed by atoms with E-state index < -0.39 is 62.4 Å². The van der Waals surface area contributed by atoms with Crippen molar-refractivity contribution in [1.82, 2.24) is 25.4 Å². The number of amides is 4. The third-order valence-electron chi connectivity index (χ3n) is 10.7. The summed E-state index contributed by atoms with van der Waals surface area (Å²) >= 11 is 4.40. The van der Waals surface area contributed by atoms with Gasteiger partial charge in [0.15, 0.2) is 0 Å². The first-order chi connectivity index (χ1) is 29.9. The van der Waals surface area contributed by atoms with Gasteiger partial charge in [0.2, 0.25) is 17.7 Å². The van der Waals surface area contributed by atoms with Gasteiger partial charge in [-0.3, -0.25) is 14.4 Å². The van der Waals surface area contributed by atoms with E-state index in [1.165, 1.54) is 11.8 Å². The number of esters is 1. The van der Waals surface area contributed by atoms with Gasteiger partial charge in [0, 0.05) is 69.4 Å². The van der Waals surface area contributed by atoms with E-state index in [0.717, 1.165) is 29.8 Å². The number of carbonyl (C=O) groups is 5. The number of alkyl halides is 1. The molecular formula is C46H68BrF2N5O7SSi2. The van der Waals surface area contributed by atoms with Crippen LogP contribution in [0.3, 0.4) is 0 Å². The monoisotopic (exact) mass is 1010 g/mol. The summed E-state index contributed by atoms with van der Waals surface area (Å²) in [6.07, 6.45) is 1.62. The van der Waals surface area contributed by atoms with Crippen molar-refractivity contribution in [2.75, 3.05) is 49.7 Å². The van der Waals surface area contributed by atoms with Crippen molar-refractivity contribution in [3.63, 3.8) is 0 Å². The number of thioether (sulfide) groups is 1. The fourth-order valence-corrected chi connectivity index (χ4v) is 10.7. The smallest absolute Gasteiger partial charge is 0.407 e. The number of halogens is 3. The minimum absolute atomic E-state index is 0.00482. The maximum absolute atomic E-state index is 15.3. The highest BCUT2D eigenvalue weighted by atomic mass is 79.9. The summed E-state index contributed by atoms with van der Waals surface area (Å²) in [5, 5.41) is 7.08. The Bertz CT molecular complexity index is 2040. The van der Waals surface area contributed by atoms with Gasteiger partial charge in [0.1, 0.15) is 16.8 Å². The highest BCUT2D eigenvalue weighted by Crippen LogP contribution is 2.41. The Labute approximate surface area is 392 Å². The summed E-state index contributed by atoms with van der Waals surface area (Å²) in [5.41, 5.74) is 1.63. The van der Waals surface area contributed by atoms with E-state index in [-0.39, 0.29) is 66.9 Å². The Balaban J connectivity index is 1.95. The van der Waals surface area contributed by atoms with Gasteiger partial charge in [-0.2, -0.15) is 11.8 Å². The van der Waals surface area contributed by atoms with Crippen molar-refractivity contribution in [3.8, 4) is 11.1 Å². The first-order valence-electron chi connectivity index (χ1n) is 21.7. The lowest BCUT2D eigenvalue weighted by molar-refractivity contribution is -0.149. The van der Waals surface area contributed by atoms with Gasteiger partial charge in [0.25, 0.3) is 0 Å². The van der Waals surface area contributed by atoms with E-state index in [0.29, 0.717) is 30.8 Å². The summed E-state index contributed by atoms with van der Waals surface area (Å²) in [6, 6.07) is 15.1. The molecule has 0 bridgehead atoms. The normalized spacial score (nSPS) is 13.3. The van der Waals surface area contributed by atoms with E-state index in [1.54, 1.807) is 18.0 Å². The van der Waals surface area contributed by atoms with Gasteiger partial charge in [-0.1, -0.05) is 106 Å². The largest absolute Gasteiger partial charge is 0.464 e. The number of hydrogen-bond acceptors (Lipinski definition) is 8. The Morgan fingerprint density at radius 1 is 0.922 bits per heavy atom. The quantitative estimate of drug-likeness (QED) is 0.0350. The van der Waals surface area contributed by atoms with Crippen LogP contribution in [0.2, 0.25) is 45.3 Å². The molecule has 3 rings (SSSR count). The van der Waals surface area contributed by atoms with Gasteiger partial charge in [0.05, 0.1) is 38.4 Å². The van der Waals surface area contributed by atoms with E-state index in [2.05, 4.69) is 51.5 Å². The number of hydrogen-bond donors (Lipinski definition) is 3. The Morgan fingerprint density at radius 2 is 1.61 bits per heavy atom. The Kier molecular flexibility index (Phi) is 20.8. The predicted molar refractivity (Wildman–Crippen MR) is 261 cm³/mol. The number of benzene rings is 2. The molecule has 18 heteroatoms. The first kappa shape index (κ1) is 54.3. The van der Waals surface area contributed by atoms with Gasteiger partial charge in [-0.15, -0.1) is 0 Å². The van der Waals surface area contributed by atoms with E-state index in [9.17, 15) is 28.4 Å². The molecular weight excluding hydrogens is 941 g/mol. The molecule has 3 N–H and O–H groups in total. The average molecular weight is 1010 g/mol. The number of alkyl carbamates (subject to hydrolysis) is 1. The van der Waals surface area contributed by atoms with Crippen molar-refractivity contribution in [2.24, 2.45) is 5.41 Å². The van der Waals surface area contributed by atoms with E-state index >= 15 is 4.39 Å². The first-order valence-corrected chi connectivity index (χ1v) is 31.2. The maximum Gasteiger partial charge on any atom is 0.407 e. The van der Waals surface area contributed by atoms with Crippen LogP contribution in [-0.2, 0) is 35.2 Å². The predicted octanol–water partition coefficient (Wildman–Crippen LogP) is 8.78. The number of carbonyl (C=O) groups excluding carboxylic acids is 5. The lowest BCUT2D eigenvalue weighted by atomic mass is 9.83. The second-order valence-corrected chi connectivity index (χ2v) is 31.8. The molecule has 4 amide bonds. The summed E-state index contributed by atoms with van der Waals surface area (Å²) in [5.74, 6) is -2.53.